The van der Waals surface area contributed by atoms with Crippen LogP contribution in [0.15, 0.2) is 57.7 Å². The van der Waals surface area contributed by atoms with Crippen molar-refractivity contribution in [2.75, 3.05) is 7.11 Å². The lowest BCUT2D eigenvalue weighted by molar-refractivity contribution is 0.420. The second kappa shape index (κ2) is 5.13. The van der Waals surface area contributed by atoms with Crippen molar-refractivity contribution in [1.82, 2.24) is 0 Å². The molecule has 0 bridgehead atoms. The molecule has 1 aromatic heterocycles. The van der Waals surface area contributed by atoms with E-state index in [0.717, 1.165) is 39.3 Å². The minimum atomic E-state index is -0.293. The fourth-order valence-electron chi connectivity index (χ4n) is 3.16. The van der Waals surface area contributed by atoms with Crippen molar-refractivity contribution in [3.8, 4) is 5.75 Å². The zero-order valence-electron chi connectivity index (χ0n) is 13.1. The van der Waals surface area contributed by atoms with Crippen molar-refractivity contribution in [3.63, 3.8) is 0 Å². The third kappa shape index (κ3) is 2.00. The highest BCUT2D eigenvalue weighted by Crippen LogP contribution is 2.33. The van der Waals surface area contributed by atoms with Crippen LogP contribution in [0, 0.1) is 0 Å². The van der Waals surface area contributed by atoms with Gasteiger partial charge in [-0.15, -0.1) is 0 Å². The average molecular weight is 304 g/mol. The van der Waals surface area contributed by atoms with Gasteiger partial charge in [0.05, 0.1) is 12.5 Å². The third-order valence-electron chi connectivity index (χ3n) is 4.39. The van der Waals surface area contributed by atoms with Gasteiger partial charge in [-0.1, -0.05) is 31.2 Å². The number of aryl methyl sites for hydroxylation is 1. The van der Waals surface area contributed by atoms with Gasteiger partial charge >= 0.3 is 5.63 Å². The first kappa shape index (κ1) is 13.8. The van der Waals surface area contributed by atoms with Crippen LogP contribution in [-0.2, 0) is 6.42 Å². The van der Waals surface area contributed by atoms with Crippen LogP contribution in [0.25, 0.3) is 32.5 Å². The van der Waals surface area contributed by atoms with Crippen molar-refractivity contribution >= 4 is 32.5 Å². The van der Waals surface area contributed by atoms with E-state index in [-0.39, 0.29) is 5.63 Å². The Bertz CT molecular complexity index is 1110. The van der Waals surface area contributed by atoms with Crippen LogP contribution in [0.3, 0.4) is 0 Å². The summed E-state index contributed by atoms with van der Waals surface area (Å²) in [6.07, 6.45) is 0.891. The smallest absolute Gasteiger partial charge is 0.344 e. The Hall–Kier alpha value is -2.81. The molecule has 4 rings (SSSR count). The molecule has 0 spiro atoms. The van der Waals surface area contributed by atoms with E-state index in [9.17, 15) is 4.79 Å². The summed E-state index contributed by atoms with van der Waals surface area (Å²) in [4.78, 5) is 12.5. The van der Waals surface area contributed by atoms with Crippen LogP contribution in [0.5, 0.6) is 5.75 Å². The molecule has 0 unspecified atom stereocenters. The number of methoxy groups -OCH3 is 1. The van der Waals surface area contributed by atoms with Gasteiger partial charge in [-0.25, -0.2) is 4.79 Å². The van der Waals surface area contributed by atoms with Crippen LogP contribution in [0.2, 0.25) is 0 Å². The predicted octanol–water partition coefficient (Wildman–Crippen LogP) is 4.67. The van der Waals surface area contributed by atoms with Gasteiger partial charge in [0.15, 0.2) is 0 Å². The summed E-state index contributed by atoms with van der Waals surface area (Å²) in [6.45, 7) is 2.07. The molecule has 0 radical (unpaired) electrons. The Balaban J connectivity index is 2.21. The summed E-state index contributed by atoms with van der Waals surface area (Å²) in [6, 6.07) is 15.8. The monoisotopic (exact) mass is 304 g/mol. The molecule has 23 heavy (non-hydrogen) atoms. The van der Waals surface area contributed by atoms with Crippen LogP contribution in [0.1, 0.15) is 12.5 Å². The molecular formula is C20H16O3. The maximum Gasteiger partial charge on any atom is 0.344 e. The second-order valence-corrected chi connectivity index (χ2v) is 5.62. The highest BCUT2D eigenvalue weighted by atomic mass is 16.5. The van der Waals surface area contributed by atoms with E-state index in [0.29, 0.717) is 11.0 Å². The van der Waals surface area contributed by atoms with Crippen LogP contribution in [-0.4, -0.2) is 7.11 Å². The van der Waals surface area contributed by atoms with Crippen LogP contribution < -0.4 is 10.4 Å². The quantitative estimate of drug-likeness (QED) is 0.399. The van der Waals surface area contributed by atoms with E-state index >= 15 is 0 Å². The Morgan fingerprint density at radius 3 is 2.43 bits per heavy atom. The van der Waals surface area contributed by atoms with Crippen LogP contribution in [0.4, 0.5) is 0 Å². The number of ether oxygens (including phenoxy) is 1. The molecule has 3 aromatic carbocycles. The molecule has 0 saturated carbocycles. The maximum atomic E-state index is 12.5. The molecule has 0 fully saturated rings. The molecule has 0 aliphatic carbocycles. The topological polar surface area (TPSA) is 39.4 Å². The van der Waals surface area contributed by atoms with Gasteiger partial charge in [0.2, 0.25) is 0 Å². The summed E-state index contributed by atoms with van der Waals surface area (Å²) in [7, 11) is 1.64. The van der Waals surface area contributed by atoms with E-state index in [1.165, 1.54) is 0 Å². The average Bonchev–Trinajstić information content (AvgIpc) is 2.60. The first-order valence-electron chi connectivity index (χ1n) is 7.68. The van der Waals surface area contributed by atoms with Gasteiger partial charge in [0, 0.05) is 16.2 Å². The molecule has 0 atom stereocenters. The standard InChI is InChI=1S/C20H16O3/c1-3-12-7-8-13-16-10-9-14-15(5-4-6-18(14)22-2)19(16)23-20(21)17(13)11-12/h4-11H,3H2,1-2H3. The summed E-state index contributed by atoms with van der Waals surface area (Å²) in [5, 5.41) is 4.34. The molecule has 114 valence electrons. The van der Waals surface area contributed by atoms with Crippen molar-refractivity contribution in [2.24, 2.45) is 0 Å². The van der Waals surface area contributed by atoms with Crippen molar-refractivity contribution in [3.05, 3.63) is 64.5 Å². The van der Waals surface area contributed by atoms with Gasteiger partial charge in [-0.05, 0) is 41.6 Å². The van der Waals surface area contributed by atoms with Gasteiger partial charge in [0.25, 0.3) is 0 Å². The lowest BCUT2D eigenvalue weighted by Crippen LogP contribution is -2.01. The Morgan fingerprint density at radius 2 is 1.65 bits per heavy atom. The molecular weight excluding hydrogens is 288 g/mol. The van der Waals surface area contributed by atoms with Gasteiger partial charge < -0.3 is 9.15 Å². The SMILES string of the molecule is CCc1ccc2c(c1)c(=O)oc1c3cccc(OC)c3ccc21. The van der Waals surface area contributed by atoms with E-state index in [4.69, 9.17) is 9.15 Å². The predicted molar refractivity (Wildman–Crippen MR) is 93.4 cm³/mol. The normalized spacial score (nSPS) is 11.4. The lowest BCUT2D eigenvalue weighted by Gasteiger charge is -2.09. The number of hydrogen-bond acceptors (Lipinski definition) is 3. The minimum Gasteiger partial charge on any atom is -0.496 e. The highest BCUT2D eigenvalue weighted by Gasteiger charge is 2.12. The zero-order chi connectivity index (χ0) is 16.0. The maximum absolute atomic E-state index is 12.5. The Morgan fingerprint density at radius 1 is 0.913 bits per heavy atom. The molecule has 3 nitrogen and oxygen atoms in total. The molecule has 0 aliphatic rings. The first-order valence-corrected chi connectivity index (χ1v) is 7.68. The summed E-state index contributed by atoms with van der Waals surface area (Å²) >= 11 is 0. The number of hydrogen-bond donors (Lipinski definition) is 0. The van der Waals surface area contributed by atoms with Crippen LogP contribution >= 0.6 is 0 Å². The molecule has 0 amide bonds. The number of benzene rings is 3. The molecule has 0 saturated heterocycles. The van der Waals surface area contributed by atoms with Gasteiger partial charge in [0.1, 0.15) is 11.3 Å². The van der Waals surface area contributed by atoms with E-state index in [1.54, 1.807) is 7.11 Å². The highest BCUT2D eigenvalue weighted by molar-refractivity contribution is 6.14. The molecule has 4 aromatic rings. The van der Waals surface area contributed by atoms with Crippen molar-refractivity contribution in [2.45, 2.75) is 13.3 Å². The van der Waals surface area contributed by atoms with E-state index in [1.807, 2.05) is 42.5 Å². The molecule has 0 N–H and O–H groups in total. The summed E-state index contributed by atoms with van der Waals surface area (Å²) < 4.78 is 11.1. The fraction of sp³-hybridized carbons (Fsp3) is 0.150. The first-order chi connectivity index (χ1) is 11.2. The largest absolute Gasteiger partial charge is 0.496 e. The molecule has 1 heterocycles. The molecule has 3 heteroatoms. The lowest BCUT2D eigenvalue weighted by atomic mass is 10.0. The van der Waals surface area contributed by atoms with E-state index < -0.39 is 0 Å². The second-order valence-electron chi connectivity index (χ2n) is 5.62. The van der Waals surface area contributed by atoms with Crippen molar-refractivity contribution in [1.29, 1.82) is 0 Å². The molecule has 0 aliphatic heterocycles. The third-order valence-corrected chi connectivity index (χ3v) is 4.39. The van der Waals surface area contributed by atoms with Crippen molar-refractivity contribution < 1.29 is 9.15 Å². The summed E-state index contributed by atoms with van der Waals surface area (Å²) in [5.74, 6) is 0.772. The van der Waals surface area contributed by atoms with Gasteiger partial charge in [-0.2, -0.15) is 0 Å². The van der Waals surface area contributed by atoms with Gasteiger partial charge in [-0.3, -0.25) is 0 Å². The number of fused-ring (bicyclic) bond motifs is 5. The fourth-order valence-corrected chi connectivity index (χ4v) is 3.16. The Kier molecular flexibility index (Phi) is 3.08. The minimum absolute atomic E-state index is 0.293. The number of rotatable bonds is 2. The zero-order valence-corrected chi connectivity index (χ0v) is 13.1. The summed E-state index contributed by atoms with van der Waals surface area (Å²) in [5.41, 5.74) is 1.45. The van der Waals surface area contributed by atoms with E-state index in [2.05, 4.69) is 13.0 Å². The Labute approximate surface area is 133 Å².